The second-order valence-electron chi connectivity index (χ2n) is 2.60. The van der Waals surface area contributed by atoms with Crippen molar-refractivity contribution in [3.05, 3.63) is 30.1 Å². The smallest absolute Gasteiger partial charge is 0.441 e. The zero-order valence-corrected chi connectivity index (χ0v) is 8.37. The highest BCUT2D eigenvalue weighted by atomic mass is 32.2. The van der Waals surface area contributed by atoms with Gasteiger partial charge in [-0.3, -0.25) is 0 Å². The summed E-state index contributed by atoms with van der Waals surface area (Å²) in [6.45, 7) is -0.0597. The van der Waals surface area contributed by atoms with Gasteiger partial charge in [0.1, 0.15) is 11.6 Å². The summed E-state index contributed by atoms with van der Waals surface area (Å²) >= 11 is -0.143. The summed E-state index contributed by atoms with van der Waals surface area (Å²) in [6.07, 6.45) is 0. The second kappa shape index (κ2) is 5.25. The van der Waals surface area contributed by atoms with Crippen LogP contribution in [-0.4, -0.2) is 17.9 Å². The first-order valence-electron chi connectivity index (χ1n) is 4.06. The number of benzene rings is 1. The van der Waals surface area contributed by atoms with E-state index >= 15 is 0 Å². The minimum absolute atomic E-state index is 0.0597. The molecule has 84 valence electrons. The topological polar surface area (TPSA) is 9.23 Å². The molecule has 6 heteroatoms. The molecule has 1 aromatic rings. The zero-order valence-electron chi connectivity index (χ0n) is 7.55. The number of thioether (sulfide) groups is 1. The van der Waals surface area contributed by atoms with E-state index in [4.69, 9.17) is 4.74 Å². The van der Waals surface area contributed by atoms with Gasteiger partial charge in [0.15, 0.2) is 0 Å². The Hall–Kier alpha value is -0.910. The second-order valence-corrected chi connectivity index (χ2v) is 3.76. The van der Waals surface area contributed by atoms with Crippen LogP contribution in [0.3, 0.4) is 0 Å². The minimum Gasteiger partial charge on any atom is -0.493 e. The summed E-state index contributed by atoms with van der Waals surface area (Å²) in [4.78, 5) is 0. The van der Waals surface area contributed by atoms with Crippen LogP contribution >= 0.6 is 11.8 Å². The van der Waals surface area contributed by atoms with Crippen LogP contribution in [0.4, 0.5) is 17.6 Å². The Morgan fingerprint density at radius 2 is 1.73 bits per heavy atom. The van der Waals surface area contributed by atoms with Gasteiger partial charge in [0.05, 0.1) is 6.61 Å². The minimum atomic E-state index is -4.23. The first-order valence-corrected chi connectivity index (χ1v) is 5.05. The van der Waals surface area contributed by atoms with Crippen LogP contribution in [0.5, 0.6) is 5.75 Å². The van der Waals surface area contributed by atoms with Gasteiger partial charge in [0.25, 0.3) is 0 Å². The van der Waals surface area contributed by atoms with Gasteiger partial charge in [-0.1, -0.05) is 0 Å². The molecular weight excluding hydrogens is 232 g/mol. The summed E-state index contributed by atoms with van der Waals surface area (Å²) in [5, 5.41) is 0. The average Bonchev–Trinajstić information content (AvgIpc) is 2.14. The summed E-state index contributed by atoms with van der Waals surface area (Å²) in [5.41, 5.74) is -4.23. The van der Waals surface area contributed by atoms with Gasteiger partial charge in [-0.25, -0.2) is 4.39 Å². The van der Waals surface area contributed by atoms with E-state index in [1.54, 1.807) is 0 Å². The van der Waals surface area contributed by atoms with Gasteiger partial charge in [0, 0.05) is 5.75 Å². The van der Waals surface area contributed by atoms with Crippen molar-refractivity contribution >= 4 is 11.8 Å². The molecule has 0 bridgehead atoms. The van der Waals surface area contributed by atoms with Crippen LogP contribution in [0.2, 0.25) is 0 Å². The van der Waals surface area contributed by atoms with E-state index in [0.29, 0.717) is 5.75 Å². The van der Waals surface area contributed by atoms with Gasteiger partial charge in [0.2, 0.25) is 0 Å². The number of rotatable bonds is 4. The molecule has 0 saturated carbocycles. The molecule has 1 nitrogen and oxygen atoms in total. The molecule has 0 aliphatic carbocycles. The molecule has 0 N–H and O–H groups in total. The highest BCUT2D eigenvalue weighted by Crippen LogP contribution is 2.29. The molecule has 0 spiro atoms. The predicted molar refractivity (Wildman–Crippen MR) is 50.4 cm³/mol. The third kappa shape index (κ3) is 5.51. The number of alkyl halides is 3. The van der Waals surface area contributed by atoms with Crippen LogP contribution in [0.15, 0.2) is 24.3 Å². The molecule has 0 aliphatic rings. The van der Waals surface area contributed by atoms with E-state index in [1.165, 1.54) is 24.3 Å². The molecular formula is C9H8F4OS. The van der Waals surface area contributed by atoms with E-state index in [-0.39, 0.29) is 24.1 Å². The van der Waals surface area contributed by atoms with Gasteiger partial charge < -0.3 is 4.74 Å². The van der Waals surface area contributed by atoms with E-state index < -0.39 is 11.3 Å². The lowest BCUT2D eigenvalue weighted by molar-refractivity contribution is -0.0329. The lowest BCUT2D eigenvalue weighted by atomic mass is 10.3. The van der Waals surface area contributed by atoms with Crippen molar-refractivity contribution in [2.45, 2.75) is 5.51 Å². The first-order chi connectivity index (χ1) is 6.97. The maximum atomic E-state index is 12.4. The molecule has 0 saturated heterocycles. The van der Waals surface area contributed by atoms with Crippen LogP contribution in [-0.2, 0) is 0 Å². The Bertz CT molecular complexity index is 296. The monoisotopic (exact) mass is 240 g/mol. The summed E-state index contributed by atoms with van der Waals surface area (Å²) in [6, 6.07) is 5.11. The molecule has 0 radical (unpaired) electrons. The maximum absolute atomic E-state index is 12.4. The molecule has 0 amide bonds. The zero-order chi connectivity index (χ0) is 11.3. The Balaban J connectivity index is 2.23. The van der Waals surface area contributed by atoms with Crippen molar-refractivity contribution in [2.24, 2.45) is 0 Å². The first kappa shape index (κ1) is 12.2. The fourth-order valence-corrected chi connectivity index (χ4v) is 1.25. The summed E-state index contributed by atoms with van der Waals surface area (Å²) in [7, 11) is 0. The molecule has 15 heavy (non-hydrogen) atoms. The van der Waals surface area contributed by atoms with E-state index in [9.17, 15) is 17.6 Å². The predicted octanol–water partition coefficient (Wildman–Crippen LogP) is 3.46. The summed E-state index contributed by atoms with van der Waals surface area (Å²) < 4.78 is 52.5. The SMILES string of the molecule is Fc1ccc(OCCSC(F)(F)F)cc1. The number of hydrogen-bond acceptors (Lipinski definition) is 2. The average molecular weight is 240 g/mol. The Morgan fingerprint density at radius 1 is 1.13 bits per heavy atom. The third-order valence-corrected chi connectivity index (χ3v) is 2.13. The Kier molecular flexibility index (Phi) is 4.26. The maximum Gasteiger partial charge on any atom is 0.441 e. The fourth-order valence-electron chi connectivity index (χ4n) is 0.848. The van der Waals surface area contributed by atoms with E-state index in [0.717, 1.165) is 0 Å². The Morgan fingerprint density at radius 3 is 2.27 bits per heavy atom. The van der Waals surface area contributed by atoms with Gasteiger partial charge in [-0.2, -0.15) is 13.2 Å². The highest BCUT2D eigenvalue weighted by molar-refractivity contribution is 8.00. The van der Waals surface area contributed by atoms with Crippen LogP contribution in [0, 0.1) is 5.82 Å². The third-order valence-electron chi connectivity index (χ3n) is 1.43. The lowest BCUT2D eigenvalue weighted by Crippen LogP contribution is -2.07. The highest BCUT2D eigenvalue weighted by Gasteiger charge is 2.27. The quantitative estimate of drug-likeness (QED) is 0.588. The number of ether oxygens (including phenoxy) is 1. The molecule has 0 fully saturated rings. The van der Waals surface area contributed by atoms with Crippen LogP contribution < -0.4 is 4.74 Å². The van der Waals surface area contributed by atoms with E-state index in [2.05, 4.69) is 0 Å². The summed E-state index contributed by atoms with van der Waals surface area (Å²) in [5.74, 6) is -0.230. The molecule has 1 rings (SSSR count). The number of halogens is 4. The standard InChI is InChI=1S/C9H8F4OS/c10-7-1-3-8(4-2-7)14-5-6-15-9(11,12)13/h1-4H,5-6H2. The molecule has 0 unspecified atom stereocenters. The van der Waals surface area contributed by atoms with Gasteiger partial charge in [-0.15, -0.1) is 0 Å². The fraction of sp³-hybridized carbons (Fsp3) is 0.333. The van der Waals surface area contributed by atoms with Crippen LogP contribution in [0.1, 0.15) is 0 Å². The van der Waals surface area contributed by atoms with Gasteiger partial charge >= 0.3 is 5.51 Å². The molecule has 0 aromatic heterocycles. The normalized spacial score (nSPS) is 11.5. The van der Waals surface area contributed by atoms with Crippen molar-refractivity contribution in [1.29, 1.82) is 0 Å². The van der Waals surface area contributed by atoms with Crippen LogP contribution in [0.25, 0.3) is 0 Å². The lowest BCUT2D eigenvalue weighted by Gasteiger charge is -2.07. The molecule has 1 aromatic carbocycles. The molecule has 0 heterocycles. The van der Waals surface area contributed by atoms with Crippen molar-refractivity contribution < 1.29 is 22.3 Å². The van der Waals surface area contributed by atoms with E-state index in [1.807, 2.05) is 0 Å². The Labute approximate surface area is 88.4 Å². The van der Waals surface area contributed by atoms with Crippen molar-refractivity contribution in [1.82, 2.24) is 0 Å². The largest absolute Gasteiger partial charge is 0.493 e. The van der Waals surface area contributed by atoms with Crippen molar-refractivity contribution in [2.75, 3.05) is 12.4 Å². The molecule has 0 atom stereocenters. The number of hydrogen-bond donors (Lipinski definition) is 0. The van der Waals surface area contributed by atoms with Crippen molar-refractivity contribution in [3.8, 4) is 5.75 Å². The van der Waals surface area contributed by atoms with Gasteiger partial charge in [-0.05, 0) is 36.0 Å². The van der Waals surface area contributed by atoms with Crippen molar-refractivity contribution in [3.63, 3.8) is 0 Å². The molecule has 0 aliphatic heterocycles.